The molecular formula is C12H20F3NO. The number of aliphatic hydroxyl groups is 1. The molecular weight excluding hydrogens is 231 g/mol. The van der Waals surface area contributed by atoms with Crippen LogP contribution in [0.15, 0.2) is 0 Å². The van der Waals surface area contributed by atoms with Gasteiger partial charge < -0.3 is 10.0 Å². The van der Waals surface area contributed by atoms with Crippen LogP contribution in [0.5, 0.6) is 0 Å². The second kappa shape index (κ2) is 5.14. The van der Waals surface area contributed by atoms with Crippen molar-refractivity contribution in [2.45, 2.75) is 44.4 Å². The predicted octanol–water partition coefficient (Wildman–Crippen LogP) is 2.42. The summed E-state index contributed by atoms with van der Waals surface area (Å²) in [6.45, 7) is 1.18. The first-order valence-electron chi connectivity index (χ1n) is 6.44. The summed E-state index contributed by atoms with van der Waals surface area (Å²) in [7, 11) is 0. The number of β-amino-alcohol motifs (C(OH)–C–C–N with tert-alkyl or cyclic N) is 1. The van der Waals surface area contributed by atoms with E-state index in [4.69, 9.17) is 5.11 Å². The lowest BCUT2D eigenvalue weighted by Gasteiger charge is -2.41. The number of alkyl halides is 3. The minimum absolute atomic E-state index is 0.257. The normalized spacial score (nSPS) is 33.2. The van der Waals surface area contributed by atoms with E-state index in [0.717, 1.165) is 19.4 Å². The van der Waals surface area contributed by atoms with E-state index in [0.29, 0.717) is 18.4 Å². The van der Waals surface area contributed by atoms with Gasteiger partial charge in [0, 0.05) is 13.1 Å². The Hall–Kier alpha value is -0.290. The third-order valence-electron chi connectivity index (χ3n) is 4.18. The summed E-state index contributed by atoms with van der Waals surface area (Å²) in [5.74, 6) is 1.26. The molecule has 1 heterocycles. The molecule has 1 aliphatic carbocycles. The Balaban J connectivity index is 1.83. The van der Waals surface area contributed by atoms with Crippen LogP contribution in [0.25, 0.3) is 0 Å². The summed E-state index contributed by atoms with van der Waals surface area (Å²) in [5.41, 5.74) is 0. The molecule has 0 aromatic heterocycles. The molecule has 0 amide bonds. The average molecular weight is 251 g/mol. The number of hydrogen-bond acceptors (Lipinski definition) is 2. The summed E-state index contributed by atoms with van der Waals surface area (Å²) in [4.78, 5) is 1.78. The van der Waals surface area contributed by atoms with E-state index < -0.39 is 12.3 Å². The van der Waals surface area contributed by atoms with Gasteiger partial charge in [-0.05, 0) is 31.2 Å². The highest BCUT2D eigenvalue weighted by Gasteiger charge is 2.40. The second-order valence-electron chi connectivity index (χ2n) is 5.41. The van der Waals surface area contributed by atoms with Gasteiger partial charge in [-0.15, -0.1) is 0 Å². The minimum Gasteiger partial charge on any atom is -0.382 e. The molecule has 3 atom stereocenters. The lowest BCUT2D eigenvalue weighted by Crippen LogP contribution is -2.47. The second-order valence-corrected chi connectivity index (χ2v) is 5.41. The zero-order valence-electron chi connectivity index (χ0n) is 9.92. The van der Waals surface area contributed by atoms with Crippen molar-refractivity contribution in [2.75, 3.05) is 19.6 Å². The molecule has 1 saturated carbocycles. The van der Waals surface area contributed by atoms with Crippen LogP contribution in [0.1, 0.15) is 32.1 Å². The highest BCUT2D eigenvalue weighted by Crippen LogP contribution is 2.36. The fraction of sp³-hybridized carbons (Fsp3) is 1.00. The molecule has 0 bridgehead atoms. The number of halogens is 3. The summed E-state index contributed by atoms with van der Waals surface area (Å²) in [6.07, 6.45) is -0.825. The van der Waals surface area contributed by atoms with Crippen molar-refractivity contribution in [3.05, 3.63) is 0 Å². The highest BCUT2D eigenvalue weighted by molar-refractivity contribution is 4.85. The topological polar surface area (TPSA) is 23.5 Å². The number of aliphatic hydroxyl groups excluding tert-OH is 1. The van der Waals surface area contributed by atoms with Crippen molar-refractivity contribution < 1.29 is 18.3 Å². The third kappa shape index (κ3) is 3.35. The lowest BCUT2D eigenvalue weighted by atomic mass is 9.75. The van der Waals surface area contributed by atoms with Crippen LogP contribution < -0.4 is 0 Å². The van der Waals surface area contributed by atoms with Gasteiger partial charge in [-0.3, -0.25) is 0 Å². The fourth-order valence-electron chi connectivity index (χ4n) is 3.19. The van der Waals surface area contributed by atoms with E-state index in [1.807, 2.05) is 0 Å². The van der Waals surface area contributed by atoms with Gasteiger partial charge >= 0.3 is 6.18 Å². The maximum atomic E-state index is 12.3. The third-order valence-corrected chi connectivity index (χ3v) is 4.18. The monoisotopic (exact) mass is 251 g/mol. The Morgan fingerprint density at radius 1 is 1.12 bits per heavy atom. The summed E-state index contributed by atoms with van der Waals surface area (Å²) < 4.78 is 36.8. The molecule has 2 nitrogen and oxygen atoms in total. The smallest absolute Gasteiger partial charge is 0.382 e. The van der Waals surface area contributed by atoms with Crippen molar-refractivity contribution >= 4 is 0 Å². The number of hydrogen-bond donors (Lipinski definition) is 1. The van der Waals surface area contributed by atoms with E-state index >= 15 is 0 Å². The molecule has 2 aliphatic rings. The van der Waals surface area contributed by atoms with Gasteiger partial charge in [0.2, 0.25) is 0 Å². The van der Waals surface area contributed by atoms with Crippen molar-refractivity contribution in [3.8, 4) is 0 Å². The molecule has 1 saturated heterocycles. The van der Waals surface area contributed by atoms with E-state index in [9.17, 15) is 13.2 Å². The zero-order chi connectivity index (χ0) is 12.5. The van der Waals surface area contributed by atoms with Gasteiger partial charge in [0.15, 0.2) is 6.10 Å². The first-order chi connectivity index (χ1) is 7.97. The van der Waals surface area contributed by atoms with Gasteiger partial charge in [-0.2, -0.15) is 13.2 Å². The van der Waals surface area contributed by atoms with Crippen LogP contribution in [0.4, 0.5) is 13.2 Å². The summed E-state index contributed by atoms with van der Waals surface area (Å²) in [5, 5.41) is 9.07. The first kappa shape index (κ1) is 13.1. The molecule has 5 heteroatoms. The Bertz CT molecular complexity index is 257. The van der Waals surface area contributed by atoms with Crippen LogP contribution >= 0.6 is 0 Å². The van der Waals surface area contributed by atoms with Crippen LogP contribution in [-0.2, 0) is 0 Å². The Morgan fingerprint density at radius 2 is 1.76 bits per heavy atom. The molecule has 3 unspecified atom stereocenters. The number of rotatable bonds is 2. The molecule has 1 aliphatic heterocycles. The highest BCUT2D eigenvalue weighted by atomic mass is 19.4. The van der Waals surface area contributed by atoms with Gasteiger partial charge in [-0.25, -0.2) is 0 Å². The van der Waals surface area contributed by atoms with Crippen LogP contribution in [0.3, 0.4) is 0 Å². The predicted molar refractivity (Wildman–Crippen MR) is 58.6 cm³/mol. The molecule has 0 aromatic rings. The van der Waals surface area contributed by atoms with Crippen molar-refractivity contribution in [3.63, 3.8) is 0 Å². The molecule has 0 spiro atoms. The summed E-state index contributed by atoms with van der Waals surface area (Å²) >= 11 is 0. The van der Waals surface area contributed by atoms with Crippen LogP contribution in [-0.4, -0.2) is 41.9 Å². The minimum atomic E-state index is -4.48. The molecule has 100 valence electrons. The quantitative estimate of drug-likeness (QED) is 0.814. The molecule has 0 aromatic carbocycles. The standard InChI is InChI=1S/C12H20F3NO/c13-12(14,15)11(17)8-16-6-5-9-3-1-2-4-10(9)7-16/h9-11,17H,1-8H2. The number of fused-ring (bicyclic) bond motifs is 1. The largest absolute Gasteiger partial charge is 0.415 e. The number of likely N-dealkylation sites (tertiary alicyclic amines) is 1. The molecule has 0 radical (unpaired) electrons. The van der Waals surface area contributed by atoms with Gasteiger partial charge in [0.1, 0.15) is 0 Å². The molecule has 2 fully saturated rings. The van der Waals surface area contributed by atoms with Crippen LogP contribution in [0, 0.1) is 11.8 Å². The van der Waals surface area contributed by atoms with Gasteiger partial charge in [0.25, 0.3) is 0 Å². The SMILES string of the molecule is OC(CN1CCC2CCCCC2C1)C(F)(F)F. The maximum Gasteiger partial charge on any atom is 0.415 e. The van der Waals surface area contributed by atoms with Crippen LogP contribution in [0.2, 0.25) is 0 Å². The zero-order valence-corrected chi connectivity index (χ0v) is 9.92. The van der Waals surface area contributed by atoms with E-state index in [-0.39, 0.29) is 6.54 Å². The maximum absolute atomic E-state index is 12.3. The molecule has 1 N–H and O–H groups in total. The van der Waals surface area contributed by atoms with Gasteiger partial charge in [0.05, 0.1) is 0 Å². The number of nitrogens with zero attached hydrogens (tertiary/aromatic N) is 1. The summed E-state index contributed by atoms with van der Waals surface area (Å²) in [6, 6.07) is 0. The average Bonchev–Trinajstić information content (AvgIpc) is 2.27. The van der Waals surface area contributed by atoms with Crippen molar-refractivity contribution in [1.29, 1.82) is 0 Å². The van der Waals surface area contributed by atoms with E-state index in [2.05, 4.69) is 0 Å². The van der Waals surface area contributed by atoms with Crippen molar-refractivity contribution in [2.24, 2.45) is 11.8 Å². The Kier molecular flexibility index (Phi) is 3.98. The van der Waals surface area contributed by atoms with E-state index in [1.54, 1.807) is 4.90 Å². The fourth-order valence-corrected chi connectivity index (χ4v) is 3.19. The van der Waals surface area contributed by atoms with Gasteiger partial charge in [-0.1, -0.05) is 19.3 Å². The Labute approximate surface area is 99.8 Å². The molecule has 17 heavy (non-hydrogen) atoms. The Morgan fingerprint density at radius 3 is 2.41 bits per heavy atom. The van der Waals surface area contributed by atoms with E-state index in [1.165, 1.54) is 19.3 Å². The lowest BCUT2D eigenvalue weighted by molar-refractivity contribution is -0.209. The number of piperidine rings is 1. The molecule has 2 rings (SSSR count). The first-order valence-corrected chi connectivity index (χ1v) is 6.44. The van der Waals surface area contributed by atoms with Crippen molar-refractivity contribution in [1.82, 2.24) is 4.90 Å².